The first-order valence-electron chi connectivity index (χ1n) is 5.02. The highest BCUT2D eigenvalue weighted by atomic mass is 16.5. The lowest BCUT2D eigenvalue weighted by atomic mass is 10.2. The van der Waals surface area contributed by atoms with Crippen LogP contribution in [-0.4, -0.2) is 49.2 Å². The summed E-state index contributed by atoms with van der Waals surface area (Å²) in [5.74, 6) is -0.864. The molecule has 0 saturated heterocycles. The summed E-state index contributed by atoms with van der Waals surface area (Å²) in [6, 6.07) is 0. The Labute approximate surface area is 90.0 Å². The maximum Gasteiger partial charge on any atom is 0.303 e. The molecule has 0 heterocycles. The molecule has 0 saturated carbocycles. The van der Waals surface area contributed by atoms with Crippen LogP contribution in [0.2, 0.25) is 0 Å². The van der Waals surface area contributed by atoms with E-state index in [1.165, 1.54) is 0 Å². The number of aliphatic carboxylic acids is 1. The third-order valence-electron chi connectivity index (χ3n) is 2.05. The molecule has 5 heteroatoms. The average molecular weight is 217 g/mol. The third-order valence-corrected chi connectivity index (χ3v) is 2.05. The highest BCUT2D eigenvalue weighted by Crippen LogP contribution is 2.00. The van der Waals surface area contributed by atoms with E-state index in [2.05, 4.69) is 0 Å². The zero-order valence-corrected chi connectivity index (χ0v) is 9.36. The van der Waals surface area contributed by atoms with Gasteiger partial charge in [-0.1, -0.05) is 0 Å². The van der Waals surface area contributed by atoms with Crippen molar-refractivity contribution >= 4 is 11.9 Å². The zero-order chi connectivity index (χ0) is 11.7. The van der Waals surface area contributed by atoms with E-state index in [0.29, 0.717) is 26.0 Å². The molecule has 0 aliphatic heterocycles. The Balaban J connectivity index is 3.55. The maximum atomic E-state index is 11.4. The second-order valence-corrected chi connectivity index (χ2v) is 3.41. The largest absolute Gasteiger partial charge is 0.481 e. The Morgan fingerprint density at radius 1 is 1.27 bits per heavy atom. The number of carbonyl (C=O) groups is 2. The fraction of sp³-hybridized carbons (Fsp3) is 0.800. The van der Waals surface area contributed by atoms with Crippen LogP contribution in [0.25, 0.3) is 0 Å². The van der Waals surface area contributed by atoms with E-state index in [-0.39, 0.29) is 12.3 Å². The van der Waals surface area contributed by atoms with E-state index in [1.54, 1.807) is 19.1 Å². The van der Waals surface area contributed by atoms with Crippen molar-refractivity contribution < 1.29 is 19.4 Å². The Bertz CT molecular complexity index is 206. The van der Waals surface area contributed by atoms with E-state index in [9.17, 15) is 9.59 Å². The van der Waals surface area contributed by atoms with Gasteiger partial charge in [0.2, 0.25) is 5.91 Å². The van der Waals surface area contributed by atoms with Gasteiger partial charge >= 0.3 is 5.97 Å². The second-order valence-electron chi connectivity index (χ2n) is 3.41. The SMILES string of the molecule is COCCCN(C)C(=O)CCCC(=O)O. The lowest BCUT2D eigenvalue weighted by molar-refractivity contribution is -0.137. The van der Waals surface area contributed by atoms with Gasteiger partial charge in [-0.25, -0.2) is 0 Å². The smallest absolute Gasteiger partial charge is 0.303 e. The molecule has 0 radical (unpaired) electrons. The molecular weight excluding hydrogens is 198 g/mol. The lowest BCUT2D eigenvalue weighted by Crippen LogP contribution is -2.28. The lowest BCUT2D eigenvalue weighted by Gasteiger charge is -2.16. The highest BCUT2D eigenvalue weighted by Gasteiger charge is 2.08. The van der Waals surface area contributed by atoms with Crippen molar-refractivity contribution in [3.05, 3.63) is 0 Å². The number of nitrogens with zero attached hydrogens (tertiary/aromatic N) is 1. The van der Waals surface area contributed by atoms with Crippen LogP contribution < -0.4 is 0 Å². The summed E-state index contributed by atoms with van der Waals surface area (Å²) >= 11 is 0. The van der Waals surface area contributed by atoms with Crippen molar-refractivity contribution in [2.24, 2.45) is 0 Å². The van der Waals surface area contributed by atoms with Gasteiger partial charge in [-0.3, -0.25) is 9.59 Å². The Morgan fingerprint density at radius 2 is 1.93 bits per heavy atom. The molecule has 0 atom stereocenters. The predicted octanol–water partition coefficient (Wildman–Crippen LogP) is 0.736. The maximum absolute atomic E-state index is 11.4. The van der Waals surface area contributed by atoms with Crippen molar-refractivity contribution in [2.75, 3.05) is 27.3 Å². The molecule has 0 spiro atoms. The number of carboxylic acid groups (broad SMARTS) is 1. The van der Waals surface area contributed by atoms with Gasteiger partial charge in [-0.15, -0.1) is 0 Å². The average Bonchev–Trinajstić information content (AvgIpc) is 2.17. The summed E-state index contributed by atoms with van der Waals surface area (Å²) in [5, 5.41) is 8.40. The molecule has 15 heavy (non-hydrogen) atoms. The first-order chi connectivity index (χ1) is 7.07. The molecule has 1 amide bonds. The Morgan fingerprint density at radius 3 is 2.47 bits per heavy atom. The molecule has 0 aromatic carbocycles. The first-order valence-corrected chi connectivity index (χ1v) is 5.02. The molecule has 88 valence electrons. The van der Waals surface area contributed by atoms with Crippen LogP contribution in [-0.2, 0) is 14.3 Å². The fourth-order valence-electron chi connectivity index (χ4n) is 1.15. The highest BCUT2D eigenvalue weighted by molar-refractivity contribution is 5.76. The molecule has 0 aromatic rings. The summed E-state index contributed by atoms with van der Waals surface area (Å²) in [7, 11) is 3.34. The fourth-order valence-corrected chi connectivity index (χ4v) is 1.15. The topological polar surface area (TPSA) is 66.8 Å². The van der Waals surface area contributed by atoms with E-state index >= 15 is 0 Å². The minimum absolute atomic E-state index is 0.00708. The molecule has 5 nitrogen and oxygen atoms in total. The summed E-state index contributed by atoms with van der Waals surface area (Å²) < 4.78 is 4.87. The standard InChI is InChI=1S/C10H19NO4/c1-11(7-4-8-15-2)9(12)5-3-6-10(13)14/h3-8H2,1-2H3,(H,13,14). The van der Waals surface area contributed by atoms with Crippen LogP contribution in [0.4, 0.5) is 0 Å². The van der Waals surface area contributed by atoms with Crippen molar-refractivity contribution in [2.45, 2.75) is 25.7 Å². The van der Waals surface area contributed by atoms with Crippen molar-refractivity contribution in [3.8, 4) is 0 Å². The van der Waals surface area contributed by atoms with Crippen LogP contribution >= 0.6 is 0 Å². The second kappa shape index (κ2) is 8.23. The predicted molar refractivity (Wildman–Crippen MR) is 55.6 cm³/mol. The number of hydrogen-bond donors (Lipinski definition) is 1. The van der Waals surface area contributed by atoms with Crippen molar-refractivity contribution in [3.63, 3.8) is 0 Å². The third kappa shape index (κ3) is 7.93. The van der Waals surface area contributed by atoms with E-state index in [1.807, 2.05) is 0 Å². The van der Waals surface area contributed by atoms with Gasteiger partial charge in [0, 0.05) is 40.2 Å². The normalized spacial score (nSPS) is 10.0. The Kier molecular flexibility index (Phi) is 7.62. The summed E-state index contributed by atoms with van der Waals surface area (Å²) in [4.78, 5) is 23.2. The van der Waals surface area contributed by atoms with Crippen LogP contribution in [0, 0.1) is 0 Å². The van der Waals surface area contributed by atoms with Crippen LogP contribution in [0.15, 0.2) is 0 Å². The Hall–Kier alpha value is -1.10. The summed E-state index contributed by atoms with van der Waals surface area (Å²) in [5.41, 5.74) is 0. The molecule has 0 aliphatic carbocycles. The monoisotopic (exact) mass is 217 g/mol. The molecule has 0 fully saturated rings. The van der Waals surface area contributed by atoms with E-state index in [4.69, 9.17) is 9.84 Å². The van der Waals surface area contributed by atoms with Crippen molar-refractivity contribution in [1.29, 1.82) is 0 Å². The van der Waals surface area contributed by atoms with Gasteiger partial charge in [-0.05, 0) is 12.8 Å². The summed E-state index contributed by atoms with van der Waals surface area (Å²) in [6.07, 6.45) is 1.56. The van der Waals surface area contributed by atoms with E-state index < -0.39 is 5.97 Å². The molecule has 0 bridgehead atoms. The number of carboxylic acids is 1. The number of amides is 1. The number of hydrogen-bond acceptors (Lipinski definition) is 3. The van der Waals surface area contributed by atoms with Crippen LogP contribution in [0.3, 0.4) is 0 Å². The summed E-state index contributed by atoms with van der Waals surface area (Å²) in [6.45, 7) is 1.28. The minimum atomic E-state index is -0.857. The van der Waals surface area contributed by atoms with Gasteiger partial charge in [0.25, 0.3) is 0 Å². The number of carbonyl (C=O) groups excluding carboxylic acids is 1. The molecular formula is C10H19NO4. The zero-order valence-electron chi connectivity index (χ0n) is 9.36. The molecule has 0 unspecified atom stereocenters. The van der Waals surface area contributed by atoms with Gasteiger partial charge in [0.15, 0.2) is 0 Å². The van der Waals surface area contributed by atoms with Gasteiger partial charge in [0.05, 0.1) is 0 Å². The number of rotatable bonds is 8. The molecule has 0 rings (SSSR count). The van der Waals surface area contributed by atoms with Gasteiger partial charge in [-0.2, -0.15) is 0 Å². The van der Waals surface area contributed by atoms with E-state index in [0.717, 1.165) is 6.42 Å². The van der Waals surface area contributed by atoms with Gasteiger partial charge < -0.3 is 14.7 Å². The van der Waals surface area contributed by atoms with Crippen LogP contribution in [0.1, 0.15) is 25.7 Å². The van der Waals surface area contributed by atoms with Crippen molar-refractivity contribution in [1.82, 2.24) is 4.90 Å². The number of ether oxygens (including phenoxy) is 1. The minimum Gasteiger partial charge on any atom is -0.481 e. The van der Waals surface area contributed by atoms with Crippen LogP contribution in [0.5, 0.6) is 0 Å². The molecule has 0 aliphatic rings. The molecule has 1 N–H and O–H groups in total. The quantitative estimate of drug-likeness (QED) is 0.609. The first kappa shape index (κ1) is 13.9. The van der Waals surface area contributed by atoms with Gasteiger partial charge in [0.1, 0.15) is 0 Å². The molecule has 0 aromatic heterocycles. The number of methoxy groups -OCH3 is 1.